The van der Waals surface area contributed by atoms with E-state index in [0.717, 1.165) is 19.3 Å². The van der Waals surface area contributed by atoms with Crippen molar-refractivity contribution in [3.63, 3.8) is 0 Å². The van der Waals surface area contributed by atoms with Gasteiger partial charge in [-0.25, -0.2) is 4.79 Å². The van der Waals surface area contributed by atoms with E-state index in [0.29, 0.717) is 6.54 Å². The van der Waals surface area contributed by atoms with Crippen molar-refractivity contribution in [3.05, 3.63) is 18.0 Å². The van der Waals surface area contributed by atoms with Crippen LogP contribution in [-0.2, 0) is 13.5 Å². The van der Waals surface area contributed by atoms with E-state index in [1.807, 2.05) is 33.3 Å². The molecule has 0 aliphatic heterocycles. The van der Waals surface area contributed by atoms with Crippen molar-refractivity contribution in [1.29, 1.82) is 0 Å². The lowest BCUT2D eigenvalue weighted by Crippen LogP contribution is -2.48. The molecule has 2 atom stereocenters. The molecular weight excluding hydrogens is 268 g/mol. The summed E-state index contributed by atoms with van der Waals surface area (Å²) in [6.45, 7) is 6.62. The first-order chi connectivity index (χ1) is 9.85. The zero-order chi connectivity index (χ0) is 15.9. The van der Waals surface area contributed by atoms with Gasteiger partial charge < -0.3 is 15.7 Å². The fourth-order valence-corrected chi connectivity index (χ4v) is 2.03. The summed E-state index contributed by atoms with van der Waals surface area (Å²) in [6, 6.07) is -0.232. The van der Waals surface area contributed by atoms with E-state index in [1.54, 1.807) is 11.6 Å². The summed E-state index contributed by atoms with van der Waals surface area (Å²) in [6.07, 6.45) is 6.44. The molecule has 1 rings (SSSR count). The highest BCUT2D eigenvalue weighted by atomic mass is 16.3. The minimum Gasteiger partial charge on any atom is -0.388 e. The molecule has 0 bridgehead atoms. The molecule has 2 unspecified atom stereocenters. The average molecular weight is 296 g/mol. The summed E-state index contributed by atoms with van der Waals surface area (Å²) in [7, 11) is 1.89. The predicted octanol–water partition coefficient (Wildman–Crippen LogP) is 1.45. The largest absolute Gasteiger partial charge is 0.388 e. The quantitative estimate of drug-likeness (QED) is 0.635. The van der Waals surface area contributed by atoms with Crippen LogP contribution in [0.2, 0.25) is 0 Å². The fourth-order valence-electron chi connectivity index (χ4n) is 2.03. The van der Waals surface area contributed by atoms with E-state index >= 15 is 0 Å². The zero-order valence-electron chi connectivity index (χ0n) is 13.5. The van der Waals surface area contributed by atoms with Crippen LogP contribution in [0.5, 0.6) is 0 Å². The molecule has 0 spiro atoms. The van der Waals surface area contributed by atoms with Crippen LogP contribution in [0.15, 0.2) is 12.4 Å². The molecule has 6 heteroatoms. The molecule has 1 aromatic heterocycles. The van der Waals surface area contributed by atoms with Crippen molar-refractivity contribution >= 4 is 6.03 Å². The monoisotopic (exact) mass is 296 g/mol. The van der Waals surface area contributed by atoms with Crippen molar-refractivity contribution in [3.8, 4) is 0 Å². The van der Waals surface area contributed by atoms with Gasteiger partial charge in [0, 0.05) is 26.3 Å². The third kappa shape index (κ3) is 6.16. The van der Waals surface area contributed by atoms with Crippen LogP contribution >= 0.6 is 0 Å². The van der Waals surface area contributed by atoms with Crippen molar-refractivity contribution < 1.29 is 9.90 Å². The number of aliphatic hydroxyl groups is 1. The first-order valence-corrected chi connectivity index (χ1v) is 7.56. The van der Waals surface area contributed by atoms with Crippen LogP contribution in [0.3, 0.4) is 0 Å². The van der Waals surface area contributed by atoms with Crippen LogP contribution in [-0.4, -0.2) is 39.6 Å². The second-order valence-electron chi connectivity index (χ2n) is 5.90. The van der Waals surface area contributed by atoms with Crippen LogP contribution in [0.4, 0.5) is 4.79 Å². The Labute approximate surface area is 126 Å². The number of urea groups is 1. The van der Waals surface area contributed by atoms with E-state index in [1.165, 1.54) is 5.56 Å². The van der Waals surface area contributed by atoms with Gasteiger partial charge in [-0.1, -0.05) is 20.3 Å². The minimum absolute atomic E-state index is 0.142. The molecule has 120 valence electrons. The number of nitrogens with zero attached hydrogens (tertiary/aromatic N) is 2. The highest BCUT2D eigenvalue weighted by Crippen LogP contribution is 2.18. The number of carbonyl (C=O) groups excluding carboxylic acids is 1. The number of nitrogens with one attached hydrogen (secondary N) is 2. The van der Waals surface area contributed by atoms with Gasteiger partial charge >= 0.3 is 6.03 Å². The maximum atomic E-state index is 11.7. The molecule has 1 heterocycles. The Morgan fingerprint density at radius 3 is 2.81 bits per heavy atom. The summed E-state index contributed by atoms with van der Waals surface area (Å²) in [5, 5.41) is 19.8. The van der Waals surface area contributed by atoms with Crippen molar-refractivity contribution in [2.45, 2.75) is 45.6 Å². The van der Waals surface area contributed by atoms with Crippen LogP contribution in [0.1, 0.15) is 39.2 Å². The summed E-state index contributed by atoms with van der Waals surface area (Å²) in [5.41, 5.74) is 0.293. The standard InChI is InChI=1S/C15H28N4O2/c1-5-12(2)15(3,21)11-17-14(20)16-8-6-7-13-9-18-19(4)10-13/h9-10,12,21H,5-8,11H2,1-4H3,(H2,16,17,20). The Bertz CT molecular complexity index is 443. The van der Waals surface area contributed by atoms with Crippen molar-refractivity contribution in [2.75, 3.05) is 13.1 Å². The highest BCUT2D eigenvalue weighted by molar-refractivity contribution is 5.73. The molecule has 0 aliphatic rings. The molecule has 21 heavy (non-hydrogen) atoms. The average Bonchev–Trinajstić information content (AvgIpc) is 2.86. The molecule has 0 aromatic carbocycles. The molecule has 3 N–H and O–H groups in total. The van der Waals surface area contributed by atoms with Gasteiger partial charge in [-0.05, 0) is 31.2 Å². The minimum atomic E-state index is -0.873. The first kappa shape index (κ1) is 17.5. The number of aromatic nitrogens is 2. The second kappa shape index (κ2) is 8.02. The lowest BCUT2D eigenvalue weighted by atomic mass is 9.89. The van der Waals surface area contributed by atoms with Crippen molar-refractivity contribution in [2.24, 2.45) is 13.0 Å². The van der Waals surface area contributed by atoms with E-state index in [4.69, 9.17) is 0 Å². The van der Waals surface area contributed by atoms with Gasteiger partial charge in [-0.3, -0.25) is 4.68 Å². The third-order valence-electron chi connectivity index (χ3n) is 3.97. The van der Waals surface area contributed by atoms with Gasteiger partial charge in [-0.2, -0.15) is 5.10 Å². The molecule has 1 aromatic rings. The van der Waals surface area contributed by atoms with Gasteiger partial charge in [0.15, 0.2) is 0 Å². The summed E-state index contributed by atoms with van der Waals surface area (Å²) in [4.78, 5) is 11.7. The zero-order valence-corrected chi connectivity index (χ0v) is 13.5. The molecule has 0 saturated carbocycles. The number of aryl methyl sites for hydroxylation is 2. The Kier molecular flexibility index (Phi) is 6.68. The predicted molar refractivity (Wildman–Crippen MR) is 83.0 cm³/mol. The van der Waals surface area contributed by atoms with Gasteiger partial charge in [0.25, 0.3) is 0 Å². The van der Waals surface area contributed by atoms with E-state index in [9.17, 15) is 9.90 Å². The number of rotatable bonds is 8. The van der Waals surface area contributed by atoms with E-state index < -0.39 is 5.60 Å². The summed E-state index contributed by atoms with van der Waals surface area (Å²) >= 11 is 0. The van der Waals surface area contributed by atoms with Crippen molar-refractivity contribution in [1.82, 2.24) is 20.4 Å². The van der Waals surface area contributed by atoms with E-state index in [-0.39, 0.29) is 18.5 Å². The summed E-state index contributed by atoms with van der Waals surface area (Å²) < 4.78 is 1.77. The third-order valence-corrected chi connectivity index (χ3v) is 3.97. The van der Waals surface area contributed by atoms with Crippen LogP contribution in [0.25, 0.3) is 0 Å². The molecular formula is C15H28N4O2. The number of carbonyl (C=O) groups is 1. The topological polar surface area (TPSA) is 79.2 Å². The SMILES string of the molecule is CCC(C)C(C)(O)CNC(=O)NCCCc1cnn(C)c1. The smallest absolute Gasteiger partial charge is 0.314 e. The lowest BCUT2D eigenvalue weighted by Gasteiger charge is -2.29. The van der Waals surface area contributed by atoms with Gasteiger partial charge in [0.05, 0.1) is 11.8 Å². The Balaban J connectivity index is 2.16. The fraction of sp³-hybridized carbons (Fsp3) is 0.733. The lowest BCUT2D eigenvalue weighted by molar-refractivity contribution is 0.00791. The number of hydrogen-bond donors (Lipinski definition) is 3. The Hall–Kier alpha value is -1.56. The van der Waals surface area contributed by atoms with E-state index in [2.05, 4.69) is 15.7 Å². The van der Waals surface area contributed by atoms with Crippen LogP contribution < -0.4 is 10.6 Å². The molecule has 0 aliphatic carbocycles. The first-order valence-electron chi connectivity index (χ1n) is 7.56. The molecule has 0 fully saturated rings. The molecule has 2 amide bonds. The maximum absolute atomic E-state index is 11.7. The number of hydrogen-bond acceptors (Lipinski definition) is 3. The maximum Gasteiger partial charge on any atom is 0.314 e. The molecule has 0 radical (unpaired) electrons. The van der Waals surface area contributed by atoms with Gasteiger partial charge in [0.1, 0.15) is 0 Å². The number of amides is 2. The normalized spacial score (nSPS) is 15.3. The Morgan fingerprint density at radius 2 is 2.24 bits per heavy atom. The Morgan fingerprint density at radius 1 is 1.52 bits per heavy atom. The van der Waals surface area contributed by atoms with Gasteiger partial charge in [-0.15, -0.1) is 0 Å². The summed E-state index contributed by atoms with van der Waals surface area (Å²) in [5.74, 6) is 0.142. The molecule has 6 nitrogen and oxygen atoms in total. The van der Waals surface area contributed by atoms with Crippen LogP contribution in [0, 0.1) is 5.92 Å². The highest BCUT2D eigenvalue weighted by Gasteiger charge is 2.27. The second-order valence-corrected chi connectivity index (χ2v) is 5.90. The van der Waals surface area contributed by atoms with Gasteiger partial charge in [0.2, 0.25) is 0 Å². The molecule has 0 saturated heterocycles.